The number of fused-ring (bicyclic) bond motifs is 5. The summed E-state index contributed by atoms with van der Waals surface area (Å²) in [7, 11) is 0. The Labute approximate surface area is 269 Å². The molecule has 1 aromatic carbocycles. The van der Waals surface area contributed by atoms with E-state index < -0.39 is 52.6 Å². The summed E-state index contributed by atoms with van der Waals surface area (Å²) in [6, 6.07) is 2.41. The summed E-state index contributed by atoms with van der Waals surface area (Å²) < 4.78 is 27.7. The molecule has 2 aliphatic heterocycles. The van der Waals surface area contributed by atoms with Crippen molar-refractivity contribution >= 4 is 28.9 Å². The second-order valence-electron chi connectivity index (χ2n) is 13.4. The van der Waals surface area contributed by atoms with E-state index in [-0.39, 0.29) is 30.7 Å². The highest BCUT2D eigenvalue weighted by atomic mass is 19.1. The maximum Gasteiger partial charge on any atom is 0.408 e. The molecule has 12 heteroatoms. The lowest BCUT2D eigenvalue weighted by molar-refractivity contribution is -0.172. The normalized spacial score (nSPS) is 26.0. The van der Waals surface area contributed by atoms with Crippen molar-refractivity contribution in [2.45, 2.75) is 96.6 Å². The molecular formula is C35H36FN3O8. The van der Waals surface area contributed by atoms with Gasteiger partial charge in [0.05, 0.1) is 40.5 Å². The second kappa shape index (κ2) is 11.0. The number of aliphatic carboxylic acids is 1. The molecule has 0 unspecified atom stereocenters. The van der Waals surface area contributed by atoms with E-state index in [0.29, 0.717) is 66.6 Å². The van der Waals surface area contributed by atoms with Gasteiger partial charge in [-0.3, -0.25) is 9.59 Å². The van der Waals surface area contributed by atoms with Crippen molar-refractivity contribution in [2.75, 3.05) is 0 Å². The molecule has 0 spiro atoms. The van der Waals surface area contributed by atoms with Crippen molar-refractivity contribution < 1.29 is 38.5 Å². The van der Waals surface area contributed by atoms with E-state index in [1.54, 1.807) is 32.9 Å². The summed E-state index contributed by atoms with van der Waals surface area (Å²) in [5.74, 6) is -2.11. The number of halogens is 1. The Morgan fingerprint density at radius 3 is 2.72 bits per heavy atom. The Kier molecular flexibility index (Phi) is 7.27. The number of amides is 1. The fourth-order valence-corrected chi connectivity index (χ4v) is 7.66. The van der Waals surface area contributed by atoms with Gasteiger partial charge < -0.3 is 29.6 Å². The van der Waals surface area contributed by atoms with Gasteiger partial charge in [0.2, 0.25) is 0 Å². The van der Waals surface area contributed by atoms with Crippen molar-refractivity contribution in [3.63, 3.8) is 0 Å². The number of aliphatic hydroxyl groups is 1. The predicted octanol–water partition coefficient (Wildman–Crippen LogP) is 4.83. The zero-order valence-corrected chi connectivity index (χ0v) is 26.4. The lowest BCUT2D eigenvalue weighted by Gasteiger charge is -2.31. The van der Waals surface area contributed by atoms with Crippen LogP contribution in [0.15, 0.2) is 29.1 Å². The first kappa shape index (κ1) is 31.0. The molecule has 11 nitrogen and oxygen atoms in total. The molecule has 3 aromatic rings. The number of aromatic nitrogens is 2. The van der Waals surface area contributed by atoms with Crippen molar-refractivity contribution in [2.24, 2.45) is 5.41 Å². The SMILES string of the molecule is CC[C@@]1(O)C(=O)OCc2c1cc1n(c2=O)Cc2c-1nc1cc(F)c(C)c3c1c2[C@@H](NC(=O)O[C@H]1C=CCC[C@@](C)(C(=O)O)CC1)CC3. The minimum Gasteiger partial charge on any atom is -0.481 e. The topological polar surface area (TPSA) is 157 Å². The molecule has 3 N–H and O–H groups in total. The molecule has 4 heterocycles. The van der Waals surface area contributed by atoms with Gasteiger partial charge >= 0.3 is 18.0 Å². The van der Waals surface area contributed by atoms with E-state index in [1.807, 2.05) is 6.08 Å². The number of allylic oxidation sites excluding steroid dienone is 1. The molecule has 2 aliphatic carbocycles. The number of nitrogens with zero attached hydrogens (tertiary/aromatic N) is 2. The fourth-order valence-electron chi connectivity index (χ4n) is 7.66. The number of pyridine rings is 2. The first-order valence-electron chi connectivity index (χ1n) is 16.0. The van der Waals surface area contributed by atoms with E-state index in [9.17, 15) is 29.4 Å². The third-order valence-corrected chi connectivity index (χ3v) is 10.6. The van der Waals surface area contributed by atoms with E-state index in [1.165, 1.54) is 10.6 Å². The van der Waals surface area contributed by atoms with Crippen LogP contribution in [0.2, 0.25) is 0 Å². The van der Waals surface area contributed by atoms with Crippen LogP contribution in [0.5, 0.6) is 0 Å². The summed E-state index contributed by atoms with van der Waals surface area (Å²) in [6.45, 7) is 4.91. The molecule has 0 saturated carbocycles. The largest absolute Gasteiger partial charge is 0.481 e. The number of benzene rings is 1. The molecule has 4 aliphatic rings. The third kappa shape index (κ3) is 4.75. The van der Waals surface area contributed by atoms with Crippen LogP contribution in [0.3, 0.4) is 0 Å². The lowest BCUT2D eigenvalue weighted by Crippen LogP contribution is -2.44. The number of hydrogen-bond acceptors (Lipinski definition) is 8. The van der Waals surface area contributed by atoms with E-state index in [0.717, 1.165) is 16.5 Å². The van der Waals surface area contributed by atoms with Crippen molar-refractivity contribution in [3.05, 3.63) is 73.8 Å². The number of alkyl carbamates (subject to hydrolysis) is 1. The van der Waals surface area contributed by atoms with Crippen LogP contribution in [0.25, 0.3) is 22.3 Å². The number of rotatable bonds is 4. The minimum absolute atomic E-state index is 0.00132. The summed E-state index contributed by atoms with van der Waals surface area (Å²) in [5, 5.41) is 24.7. The smallest absolute Gasteiger partial charge is 0.408 e. The highest BCUT2D eigenvalue weighted by Gasteiger charge is 2.46. The summed E-state index contributed by atoms with van der Waals surface area (Å²) in [5.41, 5.74) is 0.904. The van der Waals surface area contributed by atoms with Gasteiger partial charge in [-0.15, -0.1) is 0 Å². The van der Waals surface area contributed by atoms with Gasteiger partial charge in [0.25, 0.3) is 5.56 Å². The van der Waals surface area contributed by atoms with Crippen molar-refractivity contribution in [1.82, 2.24) is 14.9 Å². The van der Waals surface area contributed by atoms with Gasteiger partial charge in [-0.05, 0) is 87.6 Å². The van der Waals surface area contributed by atoms with Gasteiger partial charge in [-0.1, -0.05) is 13.0 Å². The van der Waals surface area contributed by atoms with Crippen LogP contribution < -0.4 is 10.9 Å². The number of aryl methyl sites for hydroxylation is 1. The molecule has 0 radical (unpaired) electrons. The zero-order chi connectivity index (χ0) is 33.4. The third-order valence-electron chi connectivity index (χ3n) is 10.6. The van der Waals surface area contributed by atoms with E-state index in [2.05, 4.69) is 5.32 Å². The molecule has 0 saturated heterocycles. The molecule has 246 valence electrons. The maximum absolute atomic E-state index is 15.2. The van der Waals surface area contributed by atoms with Crippen LogP contribution in [-0.4, -0.2) is 43.9 Å². The Morgan fingerprint density at radius 1 is 1.19 bits per heavy atom. The minimum atomic E-state index is -1.99. The Balaban J connectivity index is 1.29. The number of ether oxygens (including phenoxy) is 2. The molecule has 2 aromatic heterocycles. The fraction of sp³-hybridized carbons (Fsp3) is 0.457. The molecule has 1 amide bonds. The average molecular weight is 646 g/mol. The number of cyclic esters (lactones) is 1. The molecule has 4 atom stereocenters. The van der Waals surface area contributed by atoms with Gasteiger partial charge in [-0.25, -0.2) is 19.0 Å². The van der Waals surface area contributed by atoms with Gasteiger partial charge in [0.15, 0.2) is 5.60 Å². The van der Waals surface area contributed by atoms with Crippen molar-refractivity contribution in [3.8, 4) is 11.4 Å². The Morgan fingerprint density at radius 2 is 1.98 bits per heavy atom. The quantitative estimate of drug-likeness (QED) is 0.209. The number of nitrogens with one attached hydrogen (secondary N) is 1. The number of carbonyl (C=O) groups excluding carboxylic acids is 2. The van der Waals surface area contributed by atoms with Crippen molar-refractivity contribution in [1.29, 1.82) is 0 Å². The first-order chi connectivity index (χ1) is 22.4. The summed E-state index contributed by atoms with van der Waals surface area (Å²) in [4.78, 5) is 56.6. The number of carboxylic acids is 1. The molecular weight excluding hydrogens is 609 g/mol. The van der Waals surface area contributed by atoms with Crippen LogP contribution >= 0.6 is 0 Å². The molecule has 7 rings (SSSR count). The second-order valence-corrected chi connectivity index (χ2v) is 13.4. The highest BCUT2D eigenvalue weighted by molar-refractivity contribution is 5.93. The average Bonchev–Trinajstić information content (AvgIpc) is 3.40. The Hall–Kier alpha value is -4.58. The van der Waals surface area contributed by atoms with Gasteiger partial charge in [0, 0.05) is 22.6 Å². The van der Waals surface area contributed by atoms with Gasteiger partial charge in [-0.2, -0.15) is 0 Å². The van der Waals surface area contributed by atoms with Crippen LogP contribution in [0, 0.1) is 18.2 Å². The number of carboxylic acid groups (broad SMARTS) is 1. The van der Waals surface area contributed by atoms with Gasteiger partial charge in [0.1, 0.15) is 18.5 Å². The number of esters is 1. The standard InChI is InChI=1S/C35H36FN3O8/c1-4-35(45)22-13-26-29-20(15-39(26)30(40)21(22)16-46-32(35)43)28-24(9-8-19-17(2)23(36)14-25(37-29)27(19)28)38-33(44)47-18-7-5-6-11-34(3,12-10-18)31(41)42/h5,7,13-14,18,24,45H,4,6,8-12,15-16H2,1-3H3,(H,38,44)(H,41,42)/t18-,24-,34+,35-/m0/s1. The monoisotopic (exact) mass is 645 g/mol. The summed E-state index contributed by atoms with van der Waals surface area (Å²) in [6.07, 6.45) is 5.03. The van der Waals surface area contributed by atoms with Crippen LogP contribution in [0.1, 0.15) is 91.8 Å². The van der Waals surface area contributed by atoms with E-state index in [4.69, 9.17) is 14.5 Å². The Bertz CT molecular complexity index is 1990. The highest BCUT2D eigenvalue weighted by Crippen LogP contribution is 2.46. The van der Waals surface area contributed by atoms with E-state index >= 15 is 4.39 Å². The maximum atomic E-state index is 15.2. The zero-order valence-electron chi connectivity index (χ0n) is 26.4. The molecule has 0 fully saturated rings. The number of carbonyl (C=O) groups is 3. The predicted molar refractivity (Wildman–Crippen MR) is 167 cm³/mol. The number of hydrogen-bond donors (Lipinski definition) is 3. The van der Waals surface area contributed by atoms with Crippen LogP contribution in [0.4, 0.5) is 9.18 Å². The summed E-state index contributed by atoms with van der Waals surface area (Å²) >= 11 is 0. The molecule has 47 heavy (non-hydrogen) atoms. The first-order valence-corrected chi connectivity index (χ1v) is 16.0. The lowest BCUT2D eigenvalue weighted by atomic mass is 9.79. The molecule has 0 bridgehead atoms. The van der Waals surface area contributed by atoms with Crippen LogP contribution in [-0.2, 0) is 44.2 Å².